The molecular weight excluding hydrogens is 350 g/mol. The van der Waals surface area contributed by atoms with Crippen molar-refractivity contribution in [3.05, 3.63) is 77.6 Å². The average Bonchev–Trinajstić information content (AvgIpc) is 3.16. The fraction of sp³-hybridized carbons (Fsp3) is 0.261. The fourth-order valence-corrected chi connectivity index (χ4v) is 3.40. The maximum atomic E-state index is 6.64. The summed E-state index contributed by atoms with van der Waals surface area (Å²) in [5.74, 6) is 2.10. The molecule has 2 N–H and O–H groups in total. The molecule has 0 fully saturated rings. The van der Waals surface area contributed by atoms with Gasteiger partial charge >= 0.3 is 0 Å². The van der Waals surface area contributed by atoms with Crippen LogP contribution in [0.1, 0.15) is 43.6 Å². The van der Waals surface area contributed by atoms with E-state index in [9.17, 15) is 0 Å². The quantitative estimate of drug-likeness (QED) is 0.688. The zero-order valence-corrected chi connectivity index (χ0v) is 16.6. The SMILES string of the molecule is COc1ccc(C2=Nc3occc3C(N)N2c2ccc(C(C)(C)C)cc2)cc1. The van der Waals surface area contributed by atoms with Crippen LogP contribution in [0, 0.1) is 0 Å². The number of hydrogen-bond acceptors (Lipinski definition) is 5. The second-order valence-corrected chi connectivity index (χ2v) is 7.96. The Morgan fingerprint density at radius 3 is 2.29 bits per heavy atom. The van der Waals surface area contributed by atoms with Crippen molar-refractivity contribution in [3.8, 4) is 5.75 Å². The lowest BCUT2D eigenvalue weighted by Gasteiger charge is -2.35. The van der Waals surface area contributed by atoms with Gasteiger partial charge in [0.25, 0.3) is 0 Å². The summed E-state index contributed by atoms with van der Waals surface area (Å²) >= 11 is 0. The minimum Gasteiger partial charge on any atom is -0.497 e. The molecule has 0 amide bonds. The fourth-order valence-electron chi connectivity index (χ4n) is 3.40. The van der Waals surface area contributed by atoms with Crippen molar-refractivity contribution in [1.29, 1.82) is 0 Å². The second-order valence-electron chi connectivity index (χ2n) is 7.96. The number of benzene rings is 2. The molecule has 28 heavy (non-hydrogen) atoms. The van der Waals surface area contributed by atoms with Gasteiger partial charge in [-0.3, -0.25) is 0 Å². The number of rotatable bonds is 3. The van der Waals surface area contributed by atoms with Gasteiger partial charge in [-0.05, 0) is 53.4 Å². The average molecular weight is 375 g/mol. The second kappa shape index (κ2) is 6.84. The van der Waals surface area contributed by atoms with E-state index in [4.69, 9.17) is 19.9 Å². The standard InChI is InChI=1S/C23H25N3O2/c1-23(2,3)16-7-9-17(10-8-16)26-20(24)19-13-14-28-22(19)25-21(26)15-5-11-18(27-4)12-6-15/h5-14,20H,24H2,1-4H3. The molecule has 4 rings (SSSR count). The summed E-state index contributed by atoms with van der Waals surface area (Å²) in [5, 5.41) is 0. The van der Waals surface area contributed by atoms with Crippen LogP contribution in [0.2, 0.25) is 0 Å². The van der Waals surface area contributed by atoms with Gasteiger partial charge in [-0.1, -0.05) is 32.9 Å². The van der Waals surface area contributed by atoms with E-state index in [0.717, 1.165) is 28.4 Å². The lowest BCUT2D eigenvalue weighted by Crippen LogP contribution is -2.42. The van der Waals surface area contributed by atoms with Crippen molar-refractivity contribution in [2.24, 2.45) is 10.7 Å². The maximum Gasteiger partial charge on any atom is 0.227 e. The maximum absolute atomic E-state index is 6.64. The molecular formula is C23H25N3O2. The summed E-state index contributed by atoms with van der Waals surface area (Å²) in [4.78, 5) is 6.81. The zero-order valence-electron chi connectivity index (χ0n) is 16.6. The number of furan rings is 1. The van der Waals surface area contributed by atoms with Crippen LogP contribution in [0.4, 0.5) is 11.6 Å². The predicted molar refractivity (Wildman–Crippen MR) is 112 cm³/mol. The molecule has 1 atom stereocenters. The summed E-state index contributed by atoms with van der Waals surface area (Å²) in [6, 6.07) is 18.2. The first kappa shape index (κ1) is 18.3. The van der Waals surface area contributed by atoms with Gasteiger partial charge in [0, 0.05) is 11.3 Å². The van der Waals surface area contributed by atoms with Crippen LogP contribution in [-0.2, 0) is 5.41 Å². The van der Waals surface area contributed by atoms with Gasteiger partial charge in [-0.2, -0.15) is 4.99 Å². The Morgan fingerprint density at radius 2 is 1.68 bits per heavy atom. The molecule has 0 saturated heterocycles. The highest BCUT2D eigenvalue weighted by Gasteiger charge is 2.31. The monoisotopic (exact) mass is 375 g/mol. The van der Waals surface area contributed by atoms with Crippen LogP contribution in [0.5, 0.6) is 5.75 Å². The van der Waals surface area contributed by atoms with Gasteiger partial charge in [0.2, 0.25) is 5.88 Å². The zero-order chi connectivity index (χ0) is 19.9. The van der Waals surface area contributed by atoms with E-state index in [0.29, 0.717) is 5.88 Å². The van der Waals surface area contributed by atoms with Crippen molar-refractivity contribution in [3.63, 3.8) is 0 Å². The van der Waals surface area contributed by atoms with Crippen LogP contribution in [-0.4, -0.2) is 12.9 Å². The number of anilines is 1. The van der Waals surface area contributed by atoms with E-state index >= 15 is 0 Å². The Bertz CT molecular complexity index is 996. The van der Waals surface area contributed by atoms with E-state index in [2.05, 4.69) is 45.0 Å². The van der Waals surface area contributed by atoms with Crippen molar-refractivity contribution in [2.75, 3.05) is 12.0 Å². The Kier molecular flexibility index (Phi) is 4.47. The van der Waals surface area contributed by atoms with Crippen LogP contribution >= 0.6 is 0 Å². The Labute approximate surface area is 165 Å². The van der Waals surface area contributed by atoms with Crippen molar-refractivity contribution < 1.29 is 9.15 Å². The molecule has 0 bridgehead atoms. The number of nitrogens with two attached hydrogens (primary N) is 1. The molecule has 0 radical (unpaired) electrons. The van der Waals surface area contributed by atoms with E-state index in [-0.39, 0.29) is 11.6 Å². The van der Waals surface area contributed by atoms with E-state index in [1.165, 1.54) is 5.56 Å². The van der Waals surface area contributed by atoms with Gasteiger partial charge in [0.1, 0.15) is 17.8 Å². The van der Waals surface area contributed by atoms with Crippen molar-refractivity contribution in [1.82, 2.24) is 0 Å². The lowest BCUT2D eigenvalue weighted by atomic mass is 9.87. The number of fused-ring (bicyclic) bond motifs is 1. The largest absolute Gasteiger partial charge is 0.497 e. The van der Waals surface area contributed by atoms with Gasteiger partial charge in [-0.25, -0.2) is 0 Å². The van der Waals surface area contributed by atoms with Gasteiger partial charge in [0.05, 0.1) is 18.9 Å². The third-order valence-corrected chi connectivity index (χ3v) is 5.07. The molecule has 0 aliphatic carbocycles. The van der Waals surface area contributed by atoms with Gasteiger partial charge < -0.3 is 19.8 Å². The molecule has 1 unspecified atom stereocenters. The number of methoxy groups -OCH3 is 1. The highest BCUT2D eigenvalue weighted by atomic mass is 16.5. The Balaban J connectivity index is 1.80. The van der Waals surface area contributed by atoms with Crippen LogP contribution in [0.25, 0.3) is 0 Å². The molecule has 2 heterocycles. The Morgan fingerprint density at radius 1 is 1.00 bits per heavy atom. The molecule has 144 valence electrons. The van der Waals surface area contributed by atoms with Crippen LogP contribution in [0.15, 0.2) is 70.3 Å². The van der Waals surface area contributed by atoms with E-state index in [1.807, 2.05) is 35.2 Å². The molecule has 1 aliphatic rings. The minimum atomic E-state index is -0.385. The van der Waals surface area contributed by atoms with Crippen LogP contribution in [0.3, 0.4) is 0 Å². The molecule has 1 aliphatic heterocycles. The molecule has 5 nitrogen and oxygen atoms in total. The first-order chi connectivity index (χ1) is 13.4. The number of nitrogens with zero attached hydrogens (tertiary/aromatic N) is 2. The summed E-state index contributed by atoms with van der Waals surface area (Å²) in [6.07, 6.45) is 1.25. The summed E-state index contributed by atoms with van der Waals surface area (Å²) in [5.41, 5.74) is 10.8. The number of hydrogen-bond donors (Lipinski definition) is 1. The van der Waals surface area contributed by atoms with E-state index in [1.54, 1.807) is 13.4 Å². The molecule has 0 spiro atoms. The minimum absolute atomic E-state index is 0.0905. The predicted octanol–water partition coefficient (Wildman–Crippen LogP) is 5.14. The third kappa shape index (κ3) is 3.18. The lowest BCUT2D eigenvalue weighted by molar-refractivity contribution is 0.415. The highest BCUT2D eigenvalue weighted by Crippen LogP contribution is 2.38. The topological polar surface area (TPSA) is 64.0 Å². The normalized spacial score (nSPS) is 16.5. The van der Waals surface area contributed by atoms with Crippen molar-refractivity contribution in [2.45, 2.75) is 32.4 Å². The van der Waals surface area contributed by atoms with Gasteiger partial charge in [0.15, 0.2) is 0 Å². The highest BCUT2D eigenvalue weighted by molar-refractivity contribution is 6.12. The summed E-state index contributed by atoms with van der Waals surface area (Å²) in [6.45, 7) is 6.61. The molecule has 0 saturated carbocycles. The van der Waals surface area contributed by atoms with E-state index < -0.39 is 0 Å². The van der Waals surface area contributed by atoms with Crippen LogP contribution < -0.4 is 15.4 Å². The van der Waals surface area contributed by atoms with Gasteiger partial charge in [-0.15, -0.1) is 0 Å². The first-order valence-corrected chi connectivity index (χ1v) is 9.34. The summed E-state index contributed by atoms with van der Waals surface area (Å²) < 4.78 is 10.8. The molecule has 2 aromatic carbocycles. The smallest absolute Gasteiger partial charge is 0.227 e. The third-order valence-electron chi connectivity index (χ3n) is 5.07. The molecule has 5 heteroatoms. The molecule has 3 aromatic rings. The Hall–Kier alpha value is -3.05. The summed E-state index contributed by atoms with van der Waals surface area (Å²) in [7, 11) is 1.65. The number of aliphatic imine (C=N–C) groups is 1. The first-order valence-electron chi connectivity index (χ1n) is 9.34. The number of amidine groups is 1. The van der Waals surface area contributed by atoms with Crippen molar-refractivity contribution >= 4 is 17.4 Å². The number of ether oxygens (including phenoxy) is 1. The molecule has 1 aromatic heterocycles.